The number of epoxide rings is 1. The Kier molecular flexibility index (Phi) is 32.3. The zero-order valence-electron chi connectivity index (χ0n) is 57.4. The van der Waals surface area contributed by atoms with E-state index in [1.807, 2.05) is 13.0 Å². The molecule has 4 aliphatic heterocycles. The number of carboxylic acids is 1. The third-order valence-corrected chi connectivity index (χ3v) is 18.0. The van der Waals surface area contributed by atoms with Crippen LogP contribution in [0.3, 0.4) is 0 Å². The van der Waals surface area contributed by atoms with Crippen molar-refractivity contribution in [1.82, 2.24) is 47.0 Å². The van der Waals surface area contributed by atoms with E-state index in [4.69, 9.17) is 49.9 Å². The molecule has 4 unspecified atom stereocenters. The molecule has 0 saturated carbocycles. The Bertz CT molecular complexity index is 3160. The van der Waals surface area contributed by atoms with E-state index in [2.05, 4.69) is 49.8 Å². The van der Waals surface area contributed by atoms with E-state index in [0.717, 1.165) is 20.9 Å². The van der Waals surface area contributed by atoms with Crippen LogP contribution in [0.25, 0.3) is 0 Å². The van der Waals surface area contributed by atoms with E-state index in [0.29, 0.717) is 30.7 Å². The van der Waals surface area contributed by atoms with Crippen molar-refractivity contribution in [1.29, 1.82) is 0 Å². The maximum atomic E-state index is 14.5. The van der Waals surface area contributed by atoms with Gasteiger partial charge in [0.15, 0.2) is 5.72 Å². The van der Waals surface area contributed by atoms with E-state index >= 15 is 0 Å². The summed E-state index contributed by atoms with van der Waals surface area (Å²) in [4.78, 5) is 170. The number of benzene rings is 1. The maximum Gasteiger partial charge on any atom is 0.409 e. The number of likely N-dealkylation sites (tertiary alicyclic amines) is 1. The van der Waals surface area contributed by atoms with Crippen molar-refractivity contribution in [2.75, 3.05) is 92.4 Å². The summed E-state index contributed by atoms with van der Waals surface area (Å²) in [5.74, 6) is -7.51. The number of carbonyl (C=O) groups excluding carboxylic acids is 12. The predicted octanol–water partition coefficient (Wildman–Crippen LogP) is 0.655. The Morgan fingerprint density at radius 3 is 2.12 bits per heavy atom. The van der Waals surface area contributed by atoms with Gasteiger partial charge in [0.25, 0.3) is 0 Å². The highest BCUT2D eigenvalue weighted by molar-refractivity contribution is 7.81. The number of amides is 11. The number of allylic oxidation sites excluding steroid dienone is 3. The number of hydrogen-bond donors (Lipinski definition) is 10. The molecule has 5 rings (SSSR count). The van der Waals surface area contributed by atoms with Crippen LogP contribution in [0.5, 0.6) is 5.75 Å². The van der Waals surface area contributed by atoms with E-state index in [9.17, 15) is 67.4 Å². The molecule has 99 heavy (non-hydrogen) atoms. The predicted molar refractivity (Wildman–Crippen MR) is 357 cm³/mol. The van der Waals surface area contributed by atoms with E-state index < -0.39 is 149 Å². The van der Waals surface area contributed by atoms with E-state index in [1.54, 1.807) is 38.1 Å². The molecule has 9 N–H and O–H groups in total. The SMILES string of the molecule is COc1cc2cc(c1Cl)N(C)C(=O)C[C@H](OC(=O)[C@H](C)N(C)C(=O)CCCNC(=O)C(CCCCNC(=O)COCCNC(=O)COCCNC(=O)CC[C@H](NC(C)=O)C(=O)O)NC(=O)CCCN1C(=O)CC(S)C1=O)C1(C)O[C@@H]1[C@H](C)C1C[C@@](O)(NC(=O)O1)[C@H](OC)/C=C/C=C(\C)C2. The molecule has 32 nitrogen and oxygen atoms in total. The number of thiol groups is 1. The molecule has 4 bridgehead atoms. The Morgan fingerprint density at radius 2 is 1.49 bits per heavy atom. The largest absolute Gasteiger partial charge is 0.495 e. The first-order valence-electron chi connectivity index (χ1n) is 32.7. The van der Waals surface area contributed by atoms with Crippen LogP contribution in [-0.2, 0) is 92.4 Å². The van der Waals surface area contributed by atoms with Gasteiger partial charge in [0.1, 0.15) is 66.0 Å². The molecule has 11 atom stereocenters. The second-order valence-corrected chi connectivity index (χ2v) is 25.9. The normalized spacial score (nSPS) is 24.0. The molecule has 1 aromatic carbocycles. The second-order valence-electron chi connectivity index (χ2n) is 24.9. The molecule has 34 heteroatoms. The number of carboxylic acid groups (broad SMARTS) is 1. The van der Waals surface area contributed by atoms with Crippen molar-refractivity contribution in [2.24, 2.45) is 5.92 Å². The van der Waals surface area contributed by atoms with Crippen molar-refractivity contribution in [3.63, 3.8) is 0 Å². The monoisotopic (exact) mass is 1430 g/mol. The molecule has 550 valence electrons. The highest BCUT2D eigenvalue weighted by Crippen LogP contribution is 2.49. The smallest absolute Gasteiger partial charge is 0.409 e. The minimum Gasteiger partial charge on any atom is -0.495 e. The fourth-order valence-electron chi connectivity index (χ4n) is 11.3. The fraction of sp³-hybridized carbons (Fsp3) is 0.646. The zero-order chi connectivity index (χ0) is 73.3. The van der Waals surface area contributed by atoms with Gasteiger partial charge in [-0.25, -0.2) is 14.4 Å². The summed E-state index contributed by atoms with van der Waals surface area (Å²) < 4.78 is 40.1. The molecule has 0 aliphatic carbocycles. The number of nitrogens with zero attached hydrogens (tertiary/aromatic N) is 3. The summed E-state index contributed by atoms with van der Waals surface area (Å²) in [6.07, 6.45) is 0.312. The van der Waals surface area contributed by atoms with Gasteiger partial charge in [-0.2, -0.15) is 12.6 Å². The average molecular weight is 1440 g/mol. The lowest BCUT2D eigenvalue weighted by Crippen LogP contribution is -2.63. The summed E-state index contributed by atoms with van der Waals surface area (Å²) in [5.41, 5.74) is -1.40. The number of rotatable bonds is 35. The molecule has 11 amide bonds. The highest BCUT2D eigenvalue weighted by atomic mass is 35.5. The van der Waals surface area contributed by atoms with Crippen LogP contribution in [0, 0.1) is 5.92 Å². The molecular weight excluding hydrogens is 1340 g/mol. The van der Waals surface area contributed by atoms with E-state index in [-0.39, 0.29) is 122 Å². The molecule has 3 fully saturated rings. The van der Waals surface area contributed by atoms with Crippen molar-refractivity contribution in [3.05, 3.63) is 46.5 Å². The third-order valence-electron chi connectivity index (χ3n) is 17.2. The summed E-state index contributed by atoms with van der Waals surface area (Å²) in [6.45, 7) is 7.37. The van der Waals surface area contributed by atoms with Gasteiger partial charge in [0, 0.05) is 98.9 Å². The number of anilines is 1. The number of nitrogens with one attached hydrogen (secondary N) is 7. The fourth-order valence-corrected chi connectivity index (χ4v) is 11.9. The second kappa shape index (κ2) is 39.2. The number of halogens is 1. The summed E-state index contributed by atoms with van der Waals surface area (Å²) in [7, 11) is 5.74. The van der Waals surface area contributed by atoms with Gasteiger partial charge < -0.3 is 85.1 Å². The number of aliphatic carboxylic acids is 1. The first-order valence-corrected chi connectivity index (χ1v) is 33.6. The van der Waals surface area contributed by atoms with Crippen LogP contribution in [0.1, 0.15) is 117 Å². The maximum absolute atomic E-state index is 14.5. The quantitative estimate of drug-likeness (QED) is 0.0147. The van der Waals surface area contributed by atoms with Crippen LogP contribution in [0.15, 0.2) is 35.9 Å². The van der Waals surface area contributed by atoms with Gasteiger partial charge in [0.05, 0.1) is 43.8 Å². The number of fused-ring (bicyclic) bond motifs is 5. The number of likely N-dealkylation sites (N-methyl/N-ethyl adjacent to an activating group) is 1. The van der Waals surface area contributed by atoms with Gasteiger partial charge in [-0.3, -0.25) is 58.2 Å². The van der Waals surface area contributed by atoms with Crippen LogP contribution in [0.4, 0.5) is 10.5 Å². The minimum absolute atomic E-state index is 0.0166. The Hall–Kier alpha value is -7.95. The van der Waals surface area contributed by atoms with Gasteiger partial charge in [-0.05, 0) is 83.4 Å². The lowest BCUT2D eigenvalue weighted by Gasteiger charge is -2.42. The van der Waals surface area contributed by atoms with Crippen LogP contribution >= 0.6 is 24.2 Å². The van der Waals surface area contributed by atoms with Crippen molar-refractivity contribution >= 4 is 107 Å². The number of aliphatic hydroxyl groups is 1. The first kappa shape index (κ1) is 81.7. The van der Waals surface area contributed by atoms with Crippen molar-refractivity contribution in [2.45, 2.75) is 177 Å². The number of methoxy groups -OCH3 is 2. The summed E-state index contributed by atoms with van der Waals surface area (Å²) in [5, 5.41) is 38.4. The molecule has 0 radical (unpaired) electrons. The van der Waals surface area contributed by atoms with Crippen LogP contribution < -0.4 is 46.9 Å². The van der Waals surface area contributed by atoms with Crippen molar-refractivity contribution < 1.29 is 106 Å². The average Bonchev–Trinajstić information content (AvgIpc) is 1.57. The summed E-state index contributed by atoms with van der Waals surface area (Å²) in [6, 6.07) is -0.0323. The Morgan fingerprint density at radius 1 is 0.838 bits per heavy atom. The molecule has 0 aromatic heterocycles. The number of unbranched alkanes of at least 4 members (excludes halogenated alkanes) is 1. The molecule has 0 spiro atoms. The minimum atomic E-state index is -1.93. The standard InChI is InChI=1S/C65H95ClN10O22S/c1-37-15-12-17-48(93-9)65(91)34-46(96-63(90)73-65)38(2)58-64(5,98-58)49(33-55(83)75(7)44-30-41(29-37)31-45(92-8)57(44)66)97-62(89)39(3)74(6)54(82)19-13-23-70-59(85)42(72-51(79)18-14-26-76-56(84)32-47(99)60(76)86)16-10-11-22-67-52(80)35-95-28-25-69-53(81)36-94-27-24-68-50(78)21-20-43(61(87)88)71-40(4)77/h12,15,17,30-31,38-39,42-43,46-49,58,91,99H,10-11,13-14,16,18-29,32-36H2,1-9H3,(H,67,80)(H,68,78)(H,69,81)(H,70,85)(H,71,77)(H,72,79)(H,73,90)(H,87,88)/b17-12+,37-15+/t38-,39+,42?,43+,46?,47?,48-,49+,58-,64?,65+/m1/s1. The lowest BCUT2D eigenvalue weighted by molar-refractivity contribution is -0.162. The van der Waals surface area contributed by atoms with Gasteiger partial charge in [-0.1, -0.05) is 42.3 Å². The van der Waals surface area contributed by atoms with Gasteiger partial charge in [0.2, 0.25) is 59.1 Å². The number of carbonyl (C=O) groups is 13. The van der Waals surface area contributed by atoms with E-state index in [1.165, 1.54) is 47.1 Å². The van der Waals surface area contributed by atoms with Gasteiger partial charge >= 0.3 is 18.0 Å². The first-order chi connectivity index (χ1) is 46.8. The van der Waals surface area contributed by atoms with Crippen LogP contribution in [0.2, 0.25) is 5.02 Å². The Labute approximate surface area is 585 Å². The number of imide groups is 1. The molecule has 4 aliphatic rings. The topological polar surface area (TPSA) is 424 Å². The number of esters is 1. The Balaban J connectivity index is 1.12. The highest BCUT2D eigenvalue weighted by Gasteiger charge is 2.64. The third kappa shape index (κ3) is 25.0. The lowest BCUT2D eigenvalue weighted by atomic mass is 9.83. The number of alkyl carbamates (subject to hydrolysis) is 1. The molecule has 1 aromatic rings. The van der Waals surface area contributed by atoms with Crippen LogP contribution in [-0.4, -0.2) is 244 Å². The molecule has 4 heterocycles. The molecular formula is C65H95ClN10O22S. The number of hydrogen-bond acceptors (Lipinski definition) is 22. The van der Waals surface area contributed by atoms with Crippen molar-refractivity contribution in [3.8, 4) is 5.75 Å². The number of ether oxygens (including phenoxy) is 7. The summed E-state index contributed by atoms with van der Waals surface area (Å²) >= 11 is 11.0. The zero-order valence-corrected chi connectivity index (χ0v) is 59.0. The molecule has 3 saturated heterocycles. The van der Waals surface area contributed by atoms with Gasteiger partial charge in [-0.15, -0.1) is 0 Å².